The molecule has 2 rings (SSSR count). The Morgan fingerprint density at radius 3 is 2.41 bits per heavy atom. The zero-order valence-corrected chi connectivity index (χ0v) is 12.3. The van der Waals surface area contributed by atoms with Gasteiger partial charge >= 0.3 is 5.97 Å². The number of rotatable bonds is 2. The Morgan fingerprint density at radius 2 is 1.77 bits per heavy atom. The largest absolute Gasteiger partial charge is 0.465 e. The van der Waals surface area contributed by atoms with Gasteiger partial charge in [0.05, 0.1) is 18.4 Å². The molecule has 0 saturated carbocycles. The summed E-state index contributed by atoms with van der Waals surface area (Å²) in [6, 6.07) is 14.3. The molecule has 1 amide bonds. The molecule has 0 radical (unpaired) electrons. The summed E-state index contributed by atoms with van der Waals surface area (Å²) < 4.78 is 4.70. The lowest BCUT2D eigenvalue weighted by Crippen LogP contribution is -2.09. The fraction of sp³-hybridized carbons (Fsp3) is 0.111. The van der Waals surface area contributed by atoms with Crippen molar-refractivity contribution >= 4 is 17.6 Å². The fourth-order valence-electron chi connectivity index (χ4n) is 1.85. The van der Waals surface area contributed by atoms with E-state index in [1.165, 1.54) is 14.0 Å². The molecule has 0 aliphatic carbocycles. The van der Waals surface area contributed by atoms with E-state index in [9.17, 15) is 9.59 Å². The second-order valence-electron chi connectivity index (χ2n) is 4.55. The van der Waals surface area contributed by atoms with Crippen LogP contribution in [0.1, 0.15) is 28.4 Å². The molecule has 0 bridgehead atoms. The maximum Gasteiger partial charge on any atom is 0.337 e. The average Bonchev–Trinajstić information content (AvgIpc) is 2.53. The molecule has 0 saturated heterocycles. The summed E-state index contributed by atoms with van der Waals surface area (Å²) in [6.45, 7) is 1.42. The van der Waals surface area contributed by atoms with Gasteiger partial charge in [0.25, 0.3) is 0 Å². The number of hydrogen-bond donors (Lipinski definition) is 1. The van der Waals surface area contributed by atoms with Crippen LogP contribution in [0.25, 0.3) is 0 Å². The number of anilines is 1. The minimum Gasteiger partial charge on any atom is -0.465 e. The highest BCUT2D eigenvalue weighted by Gasteiger charge is 2.09. The lowest BCUT2D eigenvalue weighted by atomic mass is 10.1. The number of carbonyl (C=O) groups excluding carboxylic acids is 2. The summed E-state index contributed by atoms with van der Waals surface area (Å²) in [5.74, 6) is 5.34. The van der Waals surface area contributed by atoms with Crippen molar-refractivity contribution in [1.29, 1.82) is 0 Å². The summed E-state index contributed by atoms with van der Waals surface area (Å²) in [5, 5.41) is 2.70. The van der Waals surface area contributed by atoms with Gasteiger partial charge in [-0.3, -0.25) is 4.79 Å². The molecule has 22 heavy (non-hydrogen) atoms. The van der Waals surface area contributed by atoms with Crippen molar-refractivity contribution in [3.8, 4) is 11.8 Å². The van der Waals surface area contributed by atoms with Crippen LogP contribution in [0.15, 0.2) is 48.5 Å². The molecule has 1 N–H and O–H groups in total. The van der Waals surface area contributed by atoms with Crippen LogP contribution in [0.4, 0.5) is 5.69 Å². The SMILES string of the molecule is COC(=O)c1ccc(NC(C)=O)c(C#Cc2ccccc2)c1. The molecule has 0 heterocycles. The number of nitrogens with one attached hydrogen (secondary N) is 1. The van der Waals surface area contributed by atoms with E-state index in [-0.39, 0.29) is 5.91 Å². The van der Waals surface area contributed by atoms with Crippen molar-refractivity contribution < 1.29 is 14.3 Å². The molecule has 0 aliphatic rings. The number of amides is 1. The first-order valence-electron chi connectivity index (χ1n) is 6.67. The average molecular weight is 293 g/mol. The molecular formula is C18H15NO3. The van der Waals surface area contributed by atoms with Crippen LogP contribution >= 0.6 is 0 Å². The van der Waals surface area contributed by atoms with Gasteiger partial charge in [0.2, 0.25) is 5.91 Å². The lowest BCUT2D eigenvalue weighted by Gasteiger charge is -2.07. The van der Waals surface area contributed by atoms with Crippen LogP contribution < -0.4 is 5.32 Å². The normalized spacial score (nSPS) is 9.36. The summed E-state index contributed by atoms with van der Waals surface area (Å²) in [4.78, 5) is 22.9. The van der Waals surface area contributed by atoms with Gasteiger partial charge in [0.15, 0.2) is 0 Å². The van der Waals surface area contributed by atoms with Gasteiger partial charge in [-0.25, -0.2) is 4.79 Å². The van der Waals surface area contributed by atoms with Crippen molar-refractivity contribution in [2.24, 2.45) is 0 Å². The van der Waals surface area contributed by atoms with Crippen LogP contribution in [-0.2, 0) is 9.53 Å². The molecular weight excluding hydrogens is 278 g/mol. The number of hydrogen-bond acceptors (Lipinski definition) is 3. The van der Waals surface area contributed by atoms with Crippen molar-refractivity contribution in [3.05, 3.63) is 65.2 Å². The van der Waals surface area contributed by atoms with Crippen LogP contribution in [0, 0.1) is 11.8 Å². The van der Waals surface area contributed by atoms with E-state index >= 15 is 0 Å². The Morgan fingerprint density at radius 1 is 1.05 bits per heavy atom. The van der Waals surface area contributed by atoms with Gasteiger partial charge in [-0.15, -0.1) is 0 Å². The molecule has 2 aromatic carbocycles. The first-order valence-corrected chi connectivity index (χ1v) is 6.67. The van der Waals surface area contributed by atoms with Gasteiger partial charge in [-0.1, -0.05) is 30.0 Å². The van der Waals surface area contributed by atoms with Crippen molar-refractivity contribution in [1.82, 2.24) is 0 Å². The van der Waals surface area contributed by atoms with Crippen LogP contribution in [0.5, 0.6) is 0 Å². The fourth-order valence-corrected chi connectivity index (χ4v) is 1.85. The van der Waals surface area contributed by atoms with E-state index in [1.807, 2.05) is 30.3 Å². The Hall–Kier alpha value is -3.06. The first kappa shape index (κ1) is 15.3. The number of ether oxygens (including phenoxy) is 1. The van der Waals surface area contributed by atoms with Gasteiger partial charge in [0.1, 0.15) is 0 Å². The summed E-state index contributed by atoms with van der Waals surface area (Å²) >= 11 is 0. The predicted octanol–water partition coefficient (Wildman–Crippen LogP) is 2.83. The molecule has 0 unspecified atom stereocenters. The smallest absolute Gasteiger partial charge is 0.337 e. The van der Waals surface area contributed by atoms with Crippen LogP contribution in [0.3, 0.4) is 0 Å². The van der Waals surface area contributed by atoms with Crippen molar-refractivity contribution in [3.63, 3.8) is 0 Å². The Bertz CT molecular complexity index is 755. The summed E-state index contributed by atoms with van der Waals surface area (Å²) in [7, 11) is 1.32. The standard InChI is InChI=1S/C18H15NO3/c1-13(20)19-17-11-10-16(18(21)22-2)12-15(17)9-8-14-6-4-3-5-7-14/h3-7,10-12H,1-2H3,(H,19,20). The summed E-state index contributed by atoms with van der Waals surface area (Å²) in [5.41, 5.74) is 2.35. The summed E-state index contributed by atoms with van der Waals surface area (Å²) in [6.07, 6.45) is 0. The van der Waals surface area contributed by atoms with E-state index in [0.717, 1.165) is 5.56 Å². The van der Waals surface area contributed by atoms with Crippen LogP contribution in [-0.4, -0.2) is 19.0 Å². The number of benzene rings is 2. The van der Waals surface area contributed by atoms with E-state index in [0.29, 0.717) is 16.8 Å². The molecule has 0 atom stereocenters. The minimum absolute atomic E-state index is 0.200. The van der Waals surface area contributed by atoms with Crippen molar-refractivity contribution in [2.45, 2.75) is 6.92 Å². The highest BCUT2D eigenvalue weighted by atomic mass is 16.5. The zero-order valence-electron chi connectivity index (χ0n) is 12.3. The maximum absolute atomic E-state index is 11.6. The molecule has 2 aromatic rings. The second kappa shape index (κ2) is 7.09. The highest BCUT2D eigenvalue weighted by molar-refractivity contribution is 5.94. The Balaban J connectivity index is 2.43. The number of carbonyl (C=O) groups is 2. The van der Waals surface area contributed by atoms with E-state index in [4.69, 9.17) is 4.74 Å². The van der Waals surface area contributed by atoms with Gasteiger partial charge in [-0.05, 0) is 30.3 Å². The molecule has 0 aliphatic heterocycles. The Kier molecular flexibility index (Phi) is 4.94. The van der Waals surface area contributed by atoms with E-state index < -0.39 is 5.97 Å². The quantitative estimate of drug-likeness (QED) is 0.684. The highest BCUT2D eigenvalue weighted by Crippen LogP contribution is 2.17. The molecule has 0 aromatic heterocycles. The second-order valence-corrected chi connectivity index (χ2v) is 4.55. The number of methoxy groups -OCH3 is 1. The monoisotopic (exact) mass is 293 g/mol. The topological polar surface area (TPSA) is 55.4 Å². The molecule has 110 valence electrons. The Labute approximate surface area is 129 Å². The number of esters is 1. The predicted molar refractivity (Wildman–Crippen MR) is 84.5 cm³/mol. The third-order valence-corrected chi connectivity index (χ3v) is 2.87. The molecule has 0 fully saturated rings. The van der Waals surface area contributed by atoms with E-state index in [1.54, 1.807) is 18.2 Å². The first-order chi connectivity index (χ1) is 10.6. The maximum atomic E-state index is 11.6. The molecule has 0 spiro atoms. The van der Waals surface area contributed by atoms with Gasteiger partial charge < -0.3 is 10.1 Å². The van der Waals surface area contributed by atoms with Gasteiger partial charge in [-0.2, -0.15) is 0 Å². The van der Waals surface area contributed by atoms with E-state index in [2.05, 4.69) is 17.2 Å². The third kappa shape index (κ3) is 3.97. The molecule has 4 nitrogen and oxygen atoms in total. The minimum atomic E-state index is -0.447. The van der Waals surface area contributed by atoms with Crippen molar-refractivity contribution in [2.75, 3.05) is 12.4 Å². The third-order valence-electron chi connectivity index (χ3n) is 2.87. The van der Waals surface area contributed by atoms with Crippen LogP contribution in [0.2, 0.25) is 0 Å². The lowest BCUT2D eigenvalue weighted by molar-refractivity contribution is -0.114. The molecule has 4 heteroatoms. The zero-order chi connectivity index (χ0) is 15.9. The van der Waals surface area contributed by atoms with Gasteiger partial charge in [0, 0.05) is 18.1 Å².